The lowest BCUT2D eigenvalue weighted by Crippen LogP contribution is -2.58. The number of amides is 1. The van der Waals surface area contributed by atoms with Gasteiger partial charge in [-0.25, -0.2) is 0 Å². The van der Waals surface area contributed by atoms with Crippen LogP contribution in [0.5, 0.6) is 0 Å². The Morgan fingerprint density at radius 2 is 2.12 bits per heavy atom. The van der Waals surface area contributed by atoms with Gasteiger partial charge in [-0.3, -0.25) is 9.69 Å². The van der Waals surface area contributed by atoms with Crippen LogP contribution in [-0.2, 0) is 0 Å². The average Bonchev–Trinajstić information content (AvgIpc) is 3.16. The number of likely N-dealkylation sites (tertiary alicyclic amines) is 1. The predicted octanol–water partition coefficient (Wildman–Crippen LogP) is 2.21. The van der Waals surface area contributed by atoms with Gasteiger partial charge in [0.15, 0.2) is 5.76 Å². The van der Waals surface area contributed by atoms with Crippen molar-refractivity contribution in [1.82, 2.24) is 15.1 Å². The van der Waals surface area contributed by atoms with Gasteiger partial charge in [-0.2, -0.15) is 0 Å². The fraction of sp³-hybridized carbons (Fsp3) is 0.737. The molecule has 4 fully saturated rings. The van der Waals surface area contributed by atoms with Gasteiger partial charge in [-0.05, 0) is 69.3 Å². The quantitative estimate of drug-likeness (QED) is 0.899. The van der Waals surface area contributed by atoms with Crippen LogP contribution in [0.25, 0.3) is 0 Å². The van der Waals surface area contributed by atoms with E-state index < -0.39 is 0 Å². The number of furan rings is 1. The summed E-state index contributed by atoms with van der Waals surface area (Å²) < 4.78 is 5.17. The van der Waals surface area contributed by atoms with E-state index in [-0.39, 0.29) is 5.91 Å². The Labute approximate surface area is 144 Å². The molecule has 2 bridgehead atoms. The zero-order chi connectivity index (χ0) is 16.4. The van der Waals surface area contributed by atoms with Crippen LogP contribution in [0, 0.1) is 11.8 Å². The SMILES string of the molecule is O=C(NC[C@@H]1C[C@H]2CCN1C[C@@H]2CN1CCCCC1)c1ccco1. The molecule has 0 radical (unpaired) electrons. The normalized spacial score (nSPS) is 33.5. The Bertz CT molecular complexity index is 539. The summed E-state index contributed by atoms with van der Waals surface area (Å²) in [6.45, 7) is 7.03. The van der Waals surface area contributed by atoms with Crippen LogP contribution in [0.15, 0.2) is 22.8 Å². The summed E-state index contributed by atoms with van der Waals surface area (Å²) in [5, 5.41) is 3.05. The Hall–Kier alpha value is -1.33. The molecule has 0 saturated carbocycles. The van der Waals surface area contributed by atoms with E-state index in [1.54, 1.807) is 18.4 Å². The molecule has 4 atom stereocenters. The van der Waals surface area contributed by atoms with E-state index in [9.17, 15) is 4.79 Å². The first-order valence-corrected chi connectivity index (χ1v) is 9.58. The van der Waals surface area contributed by atoms with Crippen LogP contribution in [-0.4, -0.2) is 61.0 Å². The predicted molar refractivity (Wildman–Crippen MR) is 92.9 cm³/mol. The molecule has 5 rings (SSSR count). The molecule has 5 heteroatoms. The molecular weight excluding hydrogens is 302 g/mol. The molecule has 5 heterocycles. The minimum absolute atomic E-state index is 0.0903. The number of carbonyl (C=O) groups excluding carboxylic acids is 1. The lowest BCUT2D eigenvalue weighted by atomic mass is 9.75. The maximum absolute atomic E-state index is 12.1. The molecule has 1 N–H and O–H groups in total. The lowest BCUT2D eigenvalue weighted by Gasteiger charge is -2.51. The molecule has 4 saturated heterocycles. The molecule has 5 nitrogen and oxygen atoms in total. The van der Waals surface area contributed by atoms with Gasteiger partial charge in [0, 0.05) is 25.7 Å². The van der Waals surface area contributed by atoms with Crippen LogP contribution >= 0.6 is 0 Å². The second kappa shape index (κ2) is 7.28. The van der Waals surface area contributed by atoms with Gasteiger partial charge in [-0.15, -0.1) is 0 Å². The van der Waals surface area contributed by atoms with E-state index in [0.717, 1.165) is 18.4 Å². The monoisotopic (exact) mass is 331 g/mol. The smallest absolute Gasteiger partial charge is 0.287 e. The van der Waals surface area contributed by atoms with E-state index in [1.165, 1.54) is 64.8 Å². The highest BCUT2D eigenvalue weighted by atomic mass is 16.3. The number of hydrogen-bond acceptors (Lipinski definition) is 4. The molecule has 0 aliphatic carbocycles. The number of rotatable bonds is 5. The van der Waals surface area contributed by atoms with Gasteiger partial charge < -0.3 is 14.6 Å². The first-order valence-electron chi connectivity index (χ1n) is 9.58. The zero-order valence-electron chi connectivity index (χ0n) is 14.5. The zero-order valence-corrected chi connectivity index (χ0v) is 14.5. The summed E-state index contributed by atoms with van der Waals surface area (Å²) in [4.78, 5) is 17.3. The van der Waals surface area contributed by atoms with Crippen molar-refractivity contribution < 1.29 is 9.21 Å². The molecular formula is C19H29N3O2. The molecule has 4 aliphatic rings. The Kier molecular flexibility index (Phi) is 4.90. The summed E-state index contributed by atoms with van der Waals surface area (Å²) in [6.07, 6.45) is 8.28. The third-order valence-corrected chi connectivity index (χ3v) is 6.20. The number of piperidine rings is 4. The highest BCUT2D eigenvalue weighted by molar-refractivity contribution is 5.91. The molecule has 132 valence electrons. The highest BCUT2D eigenvalue weighted by Crippen LogP contribution is 2.36. The molecule has 0 aromatic carbocycles. The van der Waals surface area contributed by atoms with Gasteiger partial charge in [0.05, 0.1) is 6.26 Å². The maximum Gasteiger partial charge on any atom is 0.287 e. The third kappa shape index (κ3) is 3.52. The Morgan fingerprint density at radius 1 is 1.25 bits per heavy atom. The lowest BCUT2D eigenvalue weighted by molar-refractivity contribution is -0.0135. The van der Waals surface area contributed by atoms with Gasteiger partial charge in [0.1, 0.15) is 0 Å². The molecule has 1 aromatic heterocycles. The topological polar surface area (TPSA) is 48.7 Å². The minimum Gasteiger partial charge on any atom is -0.459 e. The van der Waals surface area contributed by atoms with E-state index in [0.29, 0.717) is 11.8 Å². The summed E-state index contributed by atoms with van der Waals surface area (Å²) >= 11 is 0. The van der Waals surface area contributed by atoms with Crippen molar-refractivity contribution in [3.63, 3.8) is 0 Å². The van der Waals surface area contributed by atoms with Crippen molar-refractivity contribution in [1.29, 1.82) is 0 Å². The Morgan fingerprint density at radius 3 is 2.83 bits per heavy atom. The molecule has 1 unspecified atom stereocenters. The van der Waals surface area contributed by atoms with E-state index in [2.05, 4.69) is 15.1 Å². The van der Waals surface area contributed by atoms with Crippen molar-refractivity contribution >= 4 is 5.91 Å². The number of carbonyl (C=O) groups is 1. The third-order valence-electron chi connectivity index (χ3n) is 6.20. The number of hydrogen-bond donors (Lipinski definition) is 1. The number of nitrogens with zero attached hydrogens (tertiary/aromatic N) is 2. The fourth-order valence-corrected chi connectivity index (χ4v) is 4.85. The minimum atomic E-state index is -0.0903. The molecule has 4 aliphatic heterocycles. The van der Waals surface area contributed by atoms with E-state index >= 15 is 0 Å². The summed E-state index contributed by atoms with van der Waals surface area (Å²) in [5.74, 6) is 1.98. The fourth-order valence-electron chi connectivity index (χ4n) is 4.85. The largest absolute Gasteiger partial charge is 0.459 e. The van der Waals surface area contributed by atoms with E-state index in [1.807, 2.05) is 0 Å². The first kappa shape index (κ1) is 16.2. The summed E-state index contributed by atoms with van der Waals surface area (Å²) in [6, 6.07) is 3.98. The van der Waals surface area contributed by atoms with Crippen molar-refractivity contribution in [2.45, 2.75) is 38.1 Å². The number of fused-ring (bicyclic) bond motifs is 3. The Balaban J connectivity index is 1.27. The van der Waals surface area contributed by atoms with Crippen molar-refractivity contribution in [3.05, 3.63) is 24.2 Å². The first-order chi connectivity index (χ1) is 11.8. The van der Waals surface area contributed by atoms with Crippen LogP contribution < -0.4 is 5.32 Å². The maximum atomic E-state index is 12.1. The summed E-state index contributed by atoms with van der Waals surface area (Å²) in [5.41, 5.74) is 0. The highest BCUT2D eigenvalue weighted by Gasteiger charge is 2.40. The van der Waals surface area contributed by atoms with Crippen LogP contribution in [0.3, 0.4) is 0 Å². The molecule has 24 heavy (non-hydrogen) atoms. The van der Waals surface area contributed by atoms with Crippen molar-refractivity contribution in [2.24, 2.45) is 11.8 Å². The second-order valence-corrected chi connectivity index (χ2v) is 7.74. The van der Waals surface area contributed by atoms with Crippen molar-refractivity contribution in [2.75, 3.05) is 39.3 Å². The number of nitrogens with one attached hydrogen (secondary N) is 1. The second-order valence-electron chi connectivity index (χ2n) is 7.74. The van der Waals surface area contributed by atoms with Gasteiger partial charge >= 0.3 is 0 Å². The molecule has 1 amide bonds. The summed E-state index contributed by atoms with van der Waals surface area (Å²) in [7, 11) is 0. The average molecular weight is 331 g/mol. The van der Waals surface area contributed by atoms with Crippen LogP contribution in [0.4, 0.5) is 0 Å². The standard InChI is InChI=1S/C19H29N3O2/c23-19(18-5-4-10-24-18)20-12-17-11-15-6-9-22(17)14-16(15)13-21-7-2-1-3-8-21/h4-5,10,15-17H,1-3,6-9,11-14H2,(H,20,23)/t15-,16+,17+/m1/s1. The van der Waals surface area contributed by atoms with Gasteiger partial charge in [0.25, 0.3) is 5.91 Å². The molecule has 0 spiro atoms. The van der Waals surface area contributed by atoms with Gasteiger partial charge in [-0.1, -0.05) is 6.42 Å². The van der Waals surface area contributed by atoms with Crippen LogP contribution in [0.2, 0.25) is 0 Å². The van der Waals surface area contributed by atoms with Crippen LogP contribution in [0.1, 0.15) is 42.7 Å². The van der Waals surface area contributed by atoms with E-state index in [4.69, 9.17) is 4.42 Å². The van der Waals surface area contributed by atoms with Gasteiger partial charge in [0.2, 0.25) is 0 Å². The van der Waals surface area contributed by atoms with Crippen molar-refractivity contribution in [3.8, 4) is 0 Å². The molecule has 1 aromatic rings.